The highest BCUT2D eigenvalue weighted by Gasteiger charge is 2.16. The van der Waals surface area contributed by atoms with Crippen molar-refractivity contribution in [1.29, 1.82) is 0 Å². The number of hydrogen-bond acceptors (Lipinski definition) is 3. The first kappa shape index (κ1) is 10.7. The van der Waals surface area contributed by atoms with Crippen LogP contribution < -0.4 is 5.32 Å². The highest BCUT2D eigenvalue weighted by atomic mass is 16.4. The fourth-order valence-corrected chi connectivity index (χ4v) is 0.723. The maximum absolute atomic E-state index is 10.5. The average Bonchev–Trinajstić information content (AvgIpc) is 1.96. The van der Waals surface area contributed by atoms with Gasteiger partial charge in [-0.15, -0.1) is 0 Å². The van der Waals surface area contributed by atoms with Crippen LogP contribution in [0, 0.1) is 0 Å². The first-order valence-corrected chi connectivity index (χ1v) is 3.57. The van der Waals surface area contributed by atoms with Crippen molar-refractivity contribution in [3.63, 3.8) is 0 Å². The van der Waals surface area contributed by atoms with E-state index >= 15 is 0 Å². The Kier molecular flexibility index (Phi) is 4.83. The van der Waals surface area contributed by atoms with Crippen molar-refractivity contribution in [2.45, 2.75) is 25.9 Å². The number of carboxylic acids is 1. The molecule has 0 aromatic carbocycles. The first-order chi connectivity index (χ1) is 5.57. The van der Waals surface area contributed by atoms with Gasteiger partial charge in [-0.2, -0.15) is 0 Å². The molecule has 12 heavy (non-hydrogen) atoms. The number of nitrogens with one attached hydrogen (secondary N) is 1. The summed E-state index contributed by atoms with van der Waals surface area (Å²) in [6.07, 6.45) is 0. The average molecular weight is 172 g/mol. The van der Waals surface area contributed by atoms with E-state index in [1.54, 1.807) is 0 Å². The Labute approximate surface area is 70.2 Å². The second-order valence-corrected chi connectivity index (χ2v) is 2.63. The zero-order valence-electron chi connectivity index (χ0n) is 7.06. The van der Waals surface area contributed by atoms with Gasteiger partial charge in [0, 0.05) is 11.0 Å². The first-order valence-electron chi connectivity index (χ1n) is 3.57. The topological polar surface area (TPSA) is 98.1 Å². The lowest BCUT2D eigenvalue weighted by atomic mass is 10.2. The molecule has 1 atom stereocenters. The number of carboxylic acid groups (broad SMARTS) is 1. The van der Waals surface area contributed by atoms with Gasteiger partial charge in [0.2, 0.25) is 0 Å². The lowest BCUT2D eigenvalue weighted by Gasteiger charge is -2.14. The minimum atomic E-state index is -1.00. The van der Waals surface area contributed by atoms with E-state index in [-0.39, 0.29) is 12.6 Å². The summed E-state index contributed by atoms with van der Waals surface area (Å²) in [5.41, 5.74) is 7.97. The molecule has 6 heteroatoms. The standard InChI is InChI=1S/C6H12N4O2/c1-4(2)9-5(6(11)12)3-8-10-7/h4-5,9H,3H2,1-2H3,(H,11,12). The molecule has 6 nitrogen and oxygen atoms in total. The second-order valence-electron chi connectivity index (χ2n) is 2.63. The van der Waals surface area contributed by atoms with Crippen LogP contribution in [0.1, 0.15) is 13.8 Å². The Morgan fingerprint density at radius 2 is 2.33 bits per heavy atom. The number of azide groups is 1. The number of aliphatic carboxylic acids is 1. The van der Waals surface area contributed by atoms with Gasteiger partial charge >= 0.3 is 5.97 Å². The summed E-state index contributed by atoms with van der Waals surface area (Å²) in [6.45, 7) is 3.59. The lowest BCUT2D eigenvalue weighted by Crippen LogP contribution is -2.42. The van der Waals surface area contributed by atoms with E-state index in [9.17, 15) is 4.79 Å². The third-order valence-corrected chi connectivity index (χ3v) is 1.16. The van der Waals surface area contributed by atoms with Crippen LogP contribution in [-0.4, -0.2) is 29.7 Å². The largest absolute Gasteiger partial charge is 0.480 e. The highest BCUT2D eigenvalue weighted by Crippen LogP contribution is 1.89. The van der Waals surface area contributed by atoms with E-state index in [1.165, 1.54) is 0 Å². The molecule has 1 unspecified atom stereocenters. The molecule has 0 spiro atoms. The molecular weight excluding hydrogens is 160 g/mol. The molecule has 0 saturated carbocycles. The highest BCUT2D eigenvalue weighted by molar-refractivity contribution is 5.73. The van der Waals surface area contributed by atoms with Crippen molar-refractivity contribution >= 4 is 5.97 Å². The fraction of sp³-hybridized carbons (Fsp3) is 0.833. The molecule has 0 radical (unpaired) electrons. The Balaban J connectivity index is 4.04. The summed E-state index contributed by atoms with van der Waals surface area (Å²) in [7, 11) is 0. The summed E-state index contributed by atoms with van der Waals surface area (Å²) in [5.74, 6) is -1.00. The van der Waals surface area contributed by atoms with Crippen LogP contribution in [0.25, 0.3) is 10.4 Å². The molecular formula is C6H12N4O2. The van der Waals surface area contributed by atoms with Gasteiger partial charge < -0.3 is 10.4 Å². The number of carbonyl (C=O) groups is 1. The van der Waals surface area contributed by atoms with Crippen LogP contribution in [-0.2, 0) is 4.79 Å². The molecule has 0 heterocycles. The van der Waals surface area contributed by atoms with Gasteiger partial charge in [0.1, 0.15) is 6.04 Å². The van der Waals surface area contributed by atoms with Gasteiger partial charge in [0.15, 0.2) is 0 Å². The van der Waals surface area contributed by atoms with Gasteiger partial charge in [0.05, 0.1) is 6.54 Å². The monoisotopic (exact) mass is 172 g/mol. The van der Waals surface area contributed by atoms with Crippen LogP contribution in [0.3, 0.4) is 0 Å². The van der Waals surface area contributed by atoms with Crippen LogP contribution >= 0.6 is 0 Å². The summed E-state index contributed by atoms with van der Waals surface area (Å²) >= 11 is 0. The quantitative estimate of drug-likeness (QED) is 0.363. The molecule has 0 aliphatic heterocycles. The third-order valence-electron chi connectivity index (χ3n) is 1.16. The zero-order chi connectivity index (χ0) is 9.56. The molecule has 2 N–H and O–H groups in total. The summed E-state index contributed by atoms with van der Waals surface area (Å²) < 4.78 is 0. The molecule has 0 saturated heterocycles. The SMILES string of the molecule is CC(C)NC(CN=[N+]=[N-])C(=O)O. The smallest absolute Gasteiger partial charge is 0.320 e. The van der Waals surface area contributed by atoms with E-state index in [1.807, 2.05) is 13.8 Å². The van der Waals surface area contributed by atoms with Gasteiger partial charge in [0.25, 0.3) is 0 Å². The number of rotatable bonds is 5. The predicted molar refractivity (Wildman–Crippen MR) is 43.7 cm³/mol. The van der Waals surface area contributed by atoms with Crippen LogP contribution in [0.4, 0.5) is 0 Å². The molecule has 68 valence electrons. The molecule has 0 rings (SSSR count). The van der Waals surface area contributed by atoms with Crippen molar-refractivity contribution in [3.05, 3.63) is 10.4 Å². The van der Waals surface area contributed by atoms with E-state index in [0.29, 0.717) is 0 Å². The summed E-state index contributed by atoms with van der Waals surface area (Å²) in [4.78, 5) is 13.0. The van der Waals surface area contributed by atoms with E-state index in [0.717, 1.165) is 0 Å². The molecule has 0 aromatic heterocycles. The predicted octanol–water partition coefficient (Wildman–Crippen LogP) is 0.748. The van der Waals surface area contributed by atoms with E-state index in [4.69, 9.17) is 10.6 Å². The number of nitrogens with zero attached hydrogens (tertiary/aromatic N) is 3. The minimum absolute atomic E-state index is 0.0555. The van der Waals surface area contributed by atoms with Gasteiger partial charge in [-0.1, -0.05) is 19.0 Å². The zero-order valence-corrected chi connectivity index (χ0v) is 7.06. The Hall–Kier alpha value is -1.26. The molecule has 0 aliphatic rings. The van der Waals surface area contributed by atoms with Crippen molar-refractivity contribution in [2.24, 2.45) is 5.11 Å². The Bertz CT molecular complexity index is 198. The van der Waals surface area contributed by atoms with Gasteiger partial charge in [-0.05, 0) is 5.53 Å². The van der Waals surface area contributed by atoms with Crippen molar-refractivity contribution in [1.82, 2.24) is 5.32 Å². The van der Waals surface area contributed by atoms with Crippen LogP contribution in [0.15, 0.2) is 5.11 Å². The summed E-state index contributed by atoms with van der Waals surface area (Å²) in [6, 6.07) is -0.735. The Morgan fingerprint density at radius 1 is 1.75 bits per heavy atom. The van der Waals surface area contributed by atoms with E-state index < -0.39 is 12.0 Å². The number of hydrogen-bond donors (Lipinski definition) is 2. The van der Waals surface area contributed by atoms with Crippen molar-refractivity contribution < 1.29 is 9.90 Å². The van der Waals surface area contributed by atoms with Crippen LogP contribution in [0.2, 0.25) is 0 Å². The van der Waals surface area contributed by atoms with Crippen molar-refractivity contribution in [3.8, 4) is 0 Å². The fourth-order valence-electron chi connectivity index (χ4n) is 0.723. The van der Waals surface area contributed by atoms with E-state index in [2.05, 4.69) is 15.3 Å². The summed E-state index contributed by atoms with van der Waals surface area (Å²) in [5, 5.41) is 14.5. The minimum Gasteiger partial charge on any atom is -0.480 e. The normalized spacial score (nSPS) is 12.2. The molecule has 0 fully saturated rings. The van der Waals surface area contributed by atoms with Gasteiger partial charge in [-0.3, -0.25) is 4.79 Å². The van der Waals surface area contributed by atoms with Crippen molar-refractivity contribution in [2.75, 3.05) is 6.54 Å². The maximum atomic E-state index is 10.5. The Morgan fingerprint density at radius 3 is 2.67 bits per heavy atom. The van der Waals surface area contributed by atoms with Gasteiger partial charge in [-0.25, -0.2) is 0 Å². The maximum Gasteiger partial charge on any atom is 0.320 e. The molecule has 0 bridgehead atoms. The molecule has 0 aliphatic carbocycles. The van der Waals surface area contributed by atoms with Crippen LogP contribution in [0.5, 0.6) is 0 Å². The second kappa shape index (κ2) is 5.40. The lowest BCUT2D eigenvalue weighted by molar-refractivity contribution is -0.139. The molecule has 0 amide bonds. The molecule has 0 aromatic rings. The third kappa shape index (κ3) is 4.54.